The van der Waals surface area contributed by atoms with Crippen molar-refractivity contribution < 1.29 is 9.53 Å². The topological polar surface area (TPSA) is 56.4 Å². The maximum Gasteiger partial charge on any atom is 0.316 e. The normalized spacial score (nSPS) is 10.3. The third-order valence-electron chi connectivity index (χ3n) is 2.30. The van der Waals surface area contributed by atoms with Gasteiger partial charge in [-0.1, -0.05) is 11.8 Å². The van der Waals surface area contributed by atoms with Crippen molar-refractivity contribution in [3.05, 3.63) is 23.3 Å². The van der Waals surface area contributed by atoms with Crippen molar-refractivity contribution in [3.8, 4) is 0 Å². The number of esters is 1. The number of fused-ring (bicyclic) bond motifs is 1. The van der Waals surface area contributed by atoms with Gasteiger partial charge in [0.15, 0.2) is 0 Å². The molecular formula is C11H9N3O2S2. The van der Waals surface area contributed by atoms with Gasteiger partial charge in [0, 0.05) is 0 Å². The quantitative estimate of drug-likeness (QED) is 0.374. The zero-order chi connectivity index (χ0) is 13.1. The van der Waals surface area contributed by atoms with Gasteiger partial charge in [-0.15, -0.1) is 11.3 Å². The van der Waals surface area contributed by atoms with E-state index in [0.717, 1.165) is 15.8 Å². The maximum absolute atomic E-state index is 11.1. The first-order valence-electron chi connectivity index (χ1n) is 4.98. The molecule has 92 valence electrons. The van der Waals surface area contributed by atoms with Crippen LogP contribution in [-0.2, 0) is 9.53 Å². The van der Waals surface area contributed by atoms with Gasteiger partial charge in [0.2, 0.25) is 5.00 Å². The van der Waals surface area contributed by atoms with Crippen molar-refractivity contribution in [3.63, 3.8) is 0 Å². The van der Waals surface area contributed by atoms with E-state index in [1.807, 2.05) is 6.92 Å². The summed E-state index contributed by atoms with van der Waals surface area (Å²) in [5.41, 5.74) is 1.65. The lowest BCUT2D eigenvalue weighted by molar-refractivity contribution is -0.137. The maximum atomic E-state index is 11.1. The molecule has 0 atom stereocenters. The molecule has 0 spiro atoms. The largest absolute Gasteiger partial charge is 0.468 e. The Balaban J connectivity index is 2.40. The molecule has 0 bridgehead atoms. The molecule has 2 rings (SSSR count). The number of rotatable bonds is 3. The second kappa shape index (κ2) is 5.33. The number of methoxy groups -OCH3 is 1. The van der Waals surface area contributed by atoms with Gasteiger partial charge in [0.05, 0.1) is 29.7 Å². The summed E-state index contributed by atoms with van der Waals surface area (Å²) >= 11 is 2.65. The Morgan fingerprint density at radius 2 is 2.39 bits per heavy atom. The second-order valence-corrected chi connectivity index (χ2v) is 5.33. The van der Waals surface area contributed by atoms with Crippen LogP contribution in [0.25, 0.3) is 15.1 Å². The summed E-state index contributed by atoms with van der Waals surface area (Å²) < 4.78 is 5.44. The highest BCUT2D eigenvalue weighted by Gasteiger charge is 2.14. The number of hydrogen-bond acceptors (Lipinski definition) is 6. The Morgan fingerprint density at radius 1 is 1.61 bits per heavy atom. The van der Waals surface area contributed by atoms with Crippen LogP contribution in [0.2, 0.25) is 0 Å². The molecule has 2 aromatic rings. The van der Waals surface area contributed by atoms with E-state index in [4.69, 9.17) is 6.57 Å². The highest BCUT2D eigenvalue weighted by atomic mass is 32.2. The minimum absolute atomic E-state index is 0.201. The lowest BCUT2D eigenvalue weighted by atomic mass is 10.3. The lowest BCUT2D eigenvalue weighted by Gasteiger charge is -2.00. The molecule has 0 aliphatic rings. The minimum atomic E-state index is -0.301. The standard InChI is InChI=1S/C11H9N3O2S2/c1-6-8-9(18-10(6)12-2)11(14-5-13-8)17-4-7(15)16-3/h5H,4H2,1,3H3. The Bertz CT molecular complexity index is 646. The molecule has 0 aliphatic carbocycles. The zero-order valence-electron chi connectivity index (χ0n) is 9.76. The Hall–Kier alpha value is -1.65. The molecule has 0 aliphatic heterocycles. The van der Waals surface area contributed by atoms with Gasteiger partial charge >= 0.3 is 5.97 Å². The molecule has 0 radical (unpaired) electrons. The number of aromatic nitrogens is 2. The van der Waals surface area contributed by atoms with E-state index in [1.165, 1.54) is 36.5 Å². The van der Waals surface area contributed by atoms with Gasteiger partial charge in [-0.2, -0.15) is 0 Å². The van der Waals surface area contributed by atoms with Crippen molar-refractivity contribution >= 4 is 44.3 Å². The molecule has 0 N–H and O–H groups in total. The number of carbonyl (C=O) groups is 1. The van der Waals surface area contributed by atoms with Crippen LogP contribution in [0.4, 0.5) is 5.00 Å². The van der Waals surface area contributed by atoms with Gasteiger partial charge in [-0.25, -0.2) is 14.8 Å². The number of nitrogens with zero attached hydrogens (tertiary/aromatic N) is 3. The summed E-state index contributed by atoms with van der Waals surface area (Å²) in [5.74, 6) is -0.0992. The molecule has 0 saturated carbocycles. The van der Waals surface area contributed by atoms with Crippen molar-refractivity contribution in [2.45, 2.75) is 11.9 Å². The van der Waals surface area contributed by atoms with E-state index >= 15 is 0 Å². The first-order valence-corrected chi connectivity index (χ1v) is 6.78. The molecule has 18 heavy (non-hydrogen) atoms. The van der Waals surface area contributed by atoms with Crippen molar-refractivity contribution in [1.29, 1.82) is 0 Å². The molecule has 0 aromatic carbocycles. The third kappa shape index (κ3) is 2.30. The van der Waals surface area contributed by atoms with Crippen LogP contribution in [0.5, 0.6) is 0 Å². The third-order valence-corrected chi connectivity index (χ3v) is 4.58. The first kappa shape index (κ1) is 12.8. The minimum Gasteiger partial charge on any atom is -0.468 e. The molecule has 2 heterocycles. The van der Waals surface area contributed by atoms with Gasteiger partial charge in [0.25, 0.3) is 0 Å². The summed E-state index contributed by atoms with van der Waals surface area (Å²) in [5, 5.41) is 1.33. The van der Waals surface area contributed by atoms with Gasteiger partial charge < -0.3 is 4.74 Å². The van der Waals surface area contributed by atoms with Crippen molar-refractivity contribution in [2.75, 3.05) is 12.9 Å². The second-order valence-electron chi connectivity index (χ2n) is 3.37. The summed E-state index contributed by atoms with van der Waals surface area (Å²) in [7, 11) is 1.35. The fourth-order valence-corrected chi connectivity index (χ4v) is 3.34. The van der Waals surface area contributed by atoms with Crippen LogP contribution in [-0.4, -0.2) is 28.8 Å². The predicted molar refractivity (Wildman–Crippen MR) is 71.2 cm³/mol. The van der Waals surface area contributed by atoms with Crippen LogP contribution < -0.4 is 0 Å². The summed E-state index contributed by atoms with van der Waals surface area (Å²) in [6, 6.07) is 0. The highest BCUT2D eigenvalue weighted by Crippen LogP contribution is 2.39. The lowest BCUT2D eigenvalue weighted by Crippen LogP contribution is -2.03. The smallest absolute Gasteiger partial charge is 0.316 e. The average Bonchev–Trinajstić information content (AvgIpc) is 2.73. The number of ether oxygens (including phenoxy) is 1. The molecule has 0 amide bonds. The van der Waals surface area contributed by atoms with E-state index in [1.54, 1.807) is 0 Å². The highest BCUT2D eigenvalue weighted by molar-refractivity contribution is 8.00. The van der Waals surface area contributed by atoms with Gasteiger partial charge in [-0.05, 0) is 12.5 Å². The monoisotopic (exact) mass is 279 g/mol. The Labute approximate surface area is 112 Å². The van der Waals surface area contributed by atoms with Crippen molar-refractivity contribution in [2.24, 2.45) is 0 Å². The number of thiophene rings is 1. The van der Waals surface area contributed by atoms with Crippen LogP contribution in [0.15, 0.2) is 11.4 Å². The van der Waals surface area contributed by atoms with E-state index < -0.39 is 0 Å². The van der Waals surface area contributed by atoms with Crippen LogP contribution in [0, 0.1) is 13.5 Å². The van der Waals surface area contributed by atoms with E-state index in [2.05, 4.69) is 19.5 Å². The van der Waals surface area contributed by atoms with E-state index in [-0.39, 0.29) is 11.7 Å². The molecule has 5 nitrogen and oxygen atoms in total. The molecular weight excluding hydrogens is 270 g/mol. The molecule has 0 fully saturated rings. The molecule has 0 unspecified atom stereocenters. The summed E-state index contributed by atoms with van der Waals surface area (Å²) in [6.45, 7) is 8.96. The Morgan fingerprint density at radius 3 is 3.06 bits per heavy atom. The fourth-order valence-electron chi connectivity index (χ4n) is 1.39. The predicted octanol–water partition coefficient (Wildman–Crippen LogP) is 2.82. The Kier molecular flexibility index (Phi) is 3.79. The SMILES string of the molecule is [C-]#[N+]c1sc2c(SCC(=O)OC)ncnc2c1C. The molecule has 0 saturated heterocycles. The average molecular weight is 279 g/mol. The van der Waals surface area contributed by atoms with E-state index in [0.29, 0.717) is 10.0 Å². The van der Waals surface area contributed by atoms with Crippen LogP contribution in [0.3, 0.4) is 0 Å². The fraction of sp³-hybridized carbons (Fsp3) is 0.273. The van der Waals surface area contributed by atoms with E-state index in [9.17, 15) is 4.79 Å². The number of thioether (sulfide) groups is 1. The zero-order valence-corrected chi connectivity index (χ0v) is 11.4. The van der Waals surface area contributed by atoms with Crippen LogP contribution in [0.1, 0.15) is 5.56 Å². The number of hydrogen-bond donors (Lipinski definition) is 0. The molecule has 2 aromatic heterocycles. The van der Waals surface area contributed by atoms with Crippen LogP contribution >= 0.6 is 23.1 Å². The molecule has 7 heteroatoms. The summed E-state index contributed by atoms with van der Waals surface area (Å²) in [4.78, 5) is 22.9. The number of carbonyl (C=O) groups excluding carboxylic acids is 1. The van der Waals surface area contributed by atoms with Gasteiger partial charge in [0.1, 0.15) is 11.4 Å². The van der Waals surface area contributed by atoms with Crippen molar-refractivity contribution in [1.82, 2.24) is 9.97 Å². The summed E-state index contributed by atoms with van der Waals surface area (Å²) in [6.07, 6.45) is 1.45. The number of aryl methyl sites for hydroxylation is 1. The van der Waals surface area contributed by atoms with Gasteiger partial charge in [-0.3, -0.25) is 4.79 Å². The first-order chi connectivity index (χ1) is 8.67.